The summed E-state index contributed by atoms with van der Waals surface area (Å²) in [6, 6.07) is 2.86. The van der Waals surface area contributed by atoms with Crippen LogP contribution in [0.4, 0.5) is 5.69 Å². The van der Waals surface area contributed by atoms with E-state index < -0.39 is 0 Å². The van der Waals surface area contributed by atoms with E-state index in [0.29, 0.717) is 11.4 Å². The van der Waals surface area contributed by atoms with Crippen LogP contribution < -0.4 is 5.56 Å². The van der Waals surface area contributed by atoms with Crippen LogP contribution in [0.2, 0.25) is 0 Å². The molecule has 0 aromatic carbocycles. The third-order valence-corrected chi connectivity index (χ3v) is 1.21. The van der Waals surface area contributed by atoms with Gasteiger partial charge in [-0.2, -0.15) is 0 Å². The molecule has 0 spiro atoms. The number of pyridine rings is 1. The van der Waals surface area contributed by atoms with Gasteiger partial charge in [0.1, 0.15) is 0 Å². The van der Waals surface area contributed by atoms with Gasteiger partial charge in [-0.05, 0) is 19.1 Å². The maximum atomic E-state index is 10.6. The van der Waals surface area contributed by atoms with Gasteiger partial charge in [0.25, 0.3) is 0 Å². The van der Waals surface area contributed by atoms with E-state index in [9.17, 15) is 4.79 Å². The van der Waals surface area contributed by atoms with E-state index in [1.807, 2.05) is 0 Å². The molecule has 0 saturated carbocycles. The monoisotopic (exact) mass is 134 g/mol. The second-order valence-corrected chi connectivity index (χ2v) is 1.94. The summed E-state index contributed by atoms with van der Waals surface area (Å²) in [7, 11) is 0. The van der Waals surface area contributed by atoms with E-state index in [2.05, 4.69) is 9.83 Å². The molecule has 50 valence electrons. The third-order valence-electron chi connectivity index (χ3n) is 1.21. The maximum absolute atomic E-state index is 10.6. The molecule has 0 amide bonds. The molecule has 0 unspecified atom stereocenters. The van der Waals surface area contributed by atoms with Crippen LogP contribution in [-0.4, -0.2) is 4.98 Å². The summed E-state index contributed by atoms with van der Waals surface area (Å²) in [5.74, 6) is 0. The molecule has 0 saturated heterocycles. The lowest BCUT2D eigenvalue weighted by Crippen LogP contribution is -2.03. The average Bonchev–Trinajstić information content (AvgIpc) is 1.88. The highest BCUT2D eigenvalue weighted by atomic mass is 16.1. The van der Waals surface area contributed by atoms with Crippen LogP contribution in [0.5, 0.6) is 0 Å². The van der Waals surface area contributed by atoms with Crippen LogP contribution in [0.25, 0.3) is 4.85 Å². The fourth-order valence-corrected chi connectivity index (χ4v) is 0.691. The van der Waals surface area contributed by atoms with Gasteiger partial charge in [0.15, 0.2) is 0 Å². The van der Waals surface area contributed by atoms with Crippen LogP contribution >= 0.6 is 0 Å². The number of rotatable bonds is 0. The van der Waals surface area contributed by atoms with Crippen molar-refractivity contribution in [3.05, 3.63) is 39.6 Å². The van der Waals surface area contributed by atoms with Gasteiger partial charge in [0.2, 0.25) is 11.2 Å². The Morgan fingerprint density at radius 3 is 2.80 bits per heavy atom. The van der Waals surface area contributed by atoms with Gasteiger partial charge in [-0.15, -0.1) is 0 Å². The van der Waals surface area contributed by atoms with Crippen LogP contribution in [0, 0.1) is 13.5 Å². The van der Waals surface area contributed by atoms with Crippen molar-refractivity contribution < 1.29 is 0 Å². The summed E-state index contributed by atoms with van der Waals surface area (Å²) in [6.07, 6.45) is 0. The highest BCUT2D eigenvalue weighted by Gasteiger charge is 1.94. The molecular formula is C7H6N2O. The van der Waals surface area contributed by atoms with Crippen molar-refractivity contribution in [2.24, 2.45) is 0 Å². The summed E-state index contributed by atoms with van der Waals surface area (Å²) in [4.78, 5) is 16.3. The Hall–Kier alpha value is -1.56. The Balaban J connectivity index is 3.37. The first-order valence-corrected chi connectivity index (χ1v) is 2.81. The first-order valence-electron chi connectivity index (χ1n) is 2.81. The molecule has 3 heteroatoms. The molecule has 0 radical (unpaired) electrons. The summed E-state index contributed by atoms with van der Waals surface area (Å²) >= 11 is 0. The van der Waals surface area contributed by atoms with Crippen LogP contribution in [0.1, 0.15) is 5.69 Å². The zero-order valence-corrected chi connectivity index (χ0v) is 5.51. The van der Waals surface area contributed by atoms with Crippen LogP contribution in [0.3, 0.4) is 0 Å². The first kappa shape index (κ1) is 6.56. The van der Waals surface area contributed by atoms with Crippen molar-refractivity contribution in [3.8, 4) is 0 Å². The molecule has 3 nitrogen and oxygen atoms in total. The standard InChI is InChI=1S/C7H6N2O/c1-5-6(8-2)3-4-7(10)9-5/h3-4H,1H3,(H,9,10). The molecule has 0 aliphatic rings. The second kappa shape index (κ2) is 2.36. The molecule has 0 aliphatic carbocycles. The molecule has 1 rings (SSSR count). The van der Waals surface area contributed by atoms with Crippen molar-refractivity contribution in [3.63, 3.8) is 0 Å². The fourth-order valence-electron chi connectivity index (χ4n) is 0.691. The van der Waals surface area contributed by atoms with Gasteiger partial charge >= 0.3 is 0 Å². The Morgan fingerprint density at radius 2 is 2.30 bits per heavy atom. The van der Waals surface area contributed by atoms with Gasteiger partial charge in [-0.1, -0.05) is 0 Å². The highest BCUT2D eigenvalue weighted by molar-refractivity contribution is 5.47. The van der Waals surface area contributed by atoms with E-state index in [1.54, 1.807) is 6.92 Å². The molecule has 0 atom stereocenters. The minimum atomic E-state index is -0.162. The number of nitrogens with one attached hydrogen (secondary N) is 1. The van der Waals surface area contributed by atoms with Gasteiger partial charge < -0.3 is 4.98 Å². The number of nitrogens with zero attached hydrogens (tertiary/aromatic N) is 1. The minimum absolute atomic E-state index is 0.162. The minimum Gasteiger partial charge on any atom is -0.336 e. The van der Waals surface area contributed by atoms with Crippen molar-refractivity contribution in [1.82, 2.24) is 4.98 Å². The molecule has 10 heavy (non-hydrogen) atoms. The SMILES string of the molecule is [C-]#[N+]c1ccc(=O)[nH]c1C. The van der Waals surface area contributed by atoms with Crippen molar-refractivity contribution in [2.75, 3.05) is 0 Å². The molecule has 1 heterocycles. The van der Waals surface area contributed by atoms with Crippen LogP contribution in [0.15, 0.2) is 16.9 Å². The van der Waals surface area contributed by atoms with Gasteiger partial charge in [-0.25, -0.2) is 4.85 Å². The number of hydrogen-bond donors (Lipinski definition) is 1. The Labute approximate surface area is 58.1 Å². The zero-order valence-electron chi connectivity index (χ0n) is 5.51. The summed E-state index contributed by atoms with van der Waals surface area (Å²) in [6.45, 7) is 8.36. The van der Waals surface area contributed by atoms with Gasteiger partial charge in [0, 0.05) is 5.69 Å². The van der Waals surface area contributed by atoms with Gasteiger partial charge in [0.05, 0.1) is 6.57 Å². The lowest BCUT2D eigenvalue weighted by Gasteiger charge is -1.92. The maximum Gasteiger partial charge on any atom is 0.245 e. The number of aromatic nitrogens is 1. The molecule has 1 aromatic rings. The molecule has 1 aromatic heterocycles. The topological polar surface area (TPSA) is 37.2 Å². The Bertz CT molecular complexity index is 332. The third kappa shape index (κ3) is 1.06. The lowest BCUT2D eigenvalue weighted by atomic mass is 10.3. The summed E-state index contributed by atoms with van der Waals surface area (Å²) < 4.78 is 0. The van der Waals surface area contributed by atoms with Crippen molar-refractivity contribution >= 4 is 5.69 Å². The first-order chi connectivity index (χ1) is 4.74. The van der Waals surface area contributed by atoms with Gasteiger partial charge in [-0.3, -0.25) is 4.79 Å². The lowest BCUT2D eigenvalue weighted by molar-refractivity contribution is 1.15. The molecule has 0 fully saturated rings. The number of aromatic amines is 1. The predicted octanol–water partition coefficient (Wildman–Crippen LogP) is 1.23. The quantitative estimate of drug-likeness (QED) is 0.532. The zero-order chi connectivity index (χ0) is 7.56. The van der Waals surface area contributed by atoms with Crippen molar-refractivity contribution in [1.29, 1.82) is 0 Å². The predicted molar refractivity (Wildman–Crippen MR) is 38.1 cm³/mol. The fraction of sp³-hybridized carbons (Fsp3) is 0.143. The van der Waals surface area contributed by atoms with E-state index in [4.69, 9.17) is 6.57 Å². The molecule has 1 N–H and O–H groups in total. The molecule has 0 bridgehead atoms. The van der Waals surface area contributed by atoms with Crippen LogP contribution in [-0.2, 0) is 0 Å². The highest BCUT2D eigenvalue weighted by Crippen LogP contribution is 2.11. The number of hydrogen-bond acceptors (Lipinski definition) is 1. The number of aryl methyl sites for hydroxylation is 1. The molecule has 0 aliphatic heterocycles. The largest absolute Gasteiger partial charge is 0.336 e. The van der Waals surface area contributed by atoms with E-state index >= 15 is 0 Å². The molecular weight excluding hydrogens is 128 g/mol. The second-order valence-electron chi connectivity index (χ2n) is 1.94. The van der Waals surface area contributed by atoms with E-state index in [1.165, 1.54) is 12.1 Å². The average molecular weight is 134 g/mol. The summed E-state index contributed by atoms with van der Waals surface area (Å²) in [5, 5.41) is 0. The van der Waals surface area contributed by atoms with E-state index in [-0.39, 0.29) is 5.56 Å². The number of H-pyrrole nitrogens is 1. The summed E-state index contributed by atoms with van der Waals surface area (Å²) in [5.41, 5.74) is 0.965. The van der Waals surface area contributed by atoms with E-state index in [0.717, 1.165) is 0 Å². The Kier molecular flexibility index (Phi) is 1.55. The normalized spacial score (nSPS) is 8.80. The Morgan fingerprint density at radius 1 is 1.60 bits per heavy atom. The smallest absolute Gasteiger partial charge is 0.245 e. The van der Waals surface area contributed by atoms with Crippen molar-refractivity contribution in [2.45, 2.75) is 6.92 Å².